The summed E-state index contributed by atoms with van der Waals surface area (Å²) < 4.78 is 34.5. The van der Waals surface area contributed by atoms with Gasteiger partial charge < -0.3 is 89.9 Å². The van der Waals surface area contributed by atoms with Crippen molar-refractivity contribution >= 4 is 5.91 Å². The molecule has 12 N–H and O–H groups in total. The summed E-state index contributed by atoms with van der Waals surface area (Å²) in [6.07, 6.45) is 38.2. The molecular weight excluding hydrogens is 1190 g/mol. The van der Waals surface area contributed by atoms with Crippen LogP contribution in [0.2, 0.25) is 0 Å². The lowest BCUT2D eigenvalue weighted by Gasteiger charge is -2.48. The lowest BCUT2D eigenvalue weighted by atomic mass is 9.96. The van der Waals surface area contributed by atoms with E-state index in [4.69, 9.17) is 28.4 Å². The molecule has 0 aromatic carbocycles. The van der Waals surface area contributed by atoms with Crippen LogP contribution in [0, 0.1) is 0 Å². The van der Waals surface area contributed by atoms with Gasteiger partial charge in [-0.25, -0.2) is 0 Å². The Morgan fingerprint density at radius 3 is 1.10 bits per heavy atom. The highest BCUT2D eigenvalue weighted by atomic mass is 16.8. The van der Waals surface area contributed by atoms with Crippen LogP contribution in [0.25, 0.3) is 0 Å². The molecule has 17 atom stereocenters. The molecule has 3 saturated heterocycles. The molecule has 17 unspecified atom stereocenters. The van der Waals surface area contributed by atoms with E-state index in [1.807, 2.05) is 0 Å². The molecule has 3 fully saturated rings. The first-order valence-electron chi connectivity index (χ1n) is 38.1. The summed E-state index contributed by atoms with van der Waals surface area (Å²) in [6.45, 7) is 1.84. The van der Waals surface area contributed by atoms with E-state index in [1.54, 1.807) is 0 Å². The largest absolute Gasteiger partial charge is 0.394 e. The first kappa shape index (κ1) is 85.5. The number of aliphatic hydroxyl groups is 11. The van der Waals surface area contributed by atoms with Crippen LogP contribution in [0.1, 0.15) is 309 Å². The number of unbranched alkanes of at least 4 members (excludes halogenated alkanes) is 40. The molecule has 0 bridgehead atoms. The third-order valence-corrected chi connectivity index (χ3v) is 19.3. The van der Waals surface area contributed by atoms with Gasteiger partial charge >= 0.3 is 0 Å². The Labute approximate surface area is 562 Å². The molecule has 3 rings (SSSR count). The van der Waals surface area contributed by atoms with Gasteiger partial charge in [0.1, 0.15) is 73.2 Å². The van der Waals surface area contributed by atoms with Gasteiger partial charge in [-0.15, -0.1) is 0 Å². The molecule has 3 aliphatic rings. The molecule has 93 heavy (non-hydrogen) atoms. The number of carbonyl (C=O) groups excluding carboxylic acids is 1. The van der Waals surface area contributed by atoms with Gasteiger partial charge in [0, 0.05) is 6.42 Å². The zero-order valence-electron chi connectivity index (χ0n) is 58.3. The van der Waals surface area contributed by atoms with Crippen LogP contribution in [-0.4, -0.2) is 193 Å². The van der Waals surface area contributed by atoms with Gasteiger partial charge in [-0.1, -0.05) is 282 Å². The number of hydrogen-bond acceptors (Lipinski definition) is 18. The molecule has 0 spiro atoms. The summed E-state index contributed by atoms with van der Waals surface area (Å²) in [7, 11) is 0. The Kier molecular flexibility index (Phi) is 51.5. The molecule has 3 aliphatic heterocycles. The van der Waals surface area contributed by atoms with Crippen LogP contribution in [0.5, 0.6) is 0 Å². The maximum atomic E-state index is 13.5. The minimum absolute atomic E-state index is 0.239. The molecule has 0 radical (unpaired) electrons. The van der Waals surface area contributed by atoms with Crippen LogP contribution >= 0.6 is 0 Å². The zero-order chi connectivity index (χ0) is 67.5. The number of aliphatic hydroxyl groups excluding tert-OH is 11. The second-order valence-corrected chi connectivity index (χ2v) is 27.5. The molecule has 0 saturated carbocycles. The fourth-order valence-corrected chi connectivity index (χ4v) is 13.1. The monoisotopic (exact) mass is 1330 g/mol. The molecule has 3 heterocycles. The molecular formula is C74H139NO18. The maximum absolute atomic E-state index is 13.5. The molecule has 0 aromatic rings. The fraction of sp³-hybridized carbons (Fsp3) is 0.932. The summed E-state index contributed by atoms with van der Waals surface area (Å²) in [5.74, 6) is -0.239. The normalized spacial score (nSPS) is 27.6. The van der Waals surface area contributed by atoms with Crippen LogP contribution in [0.15, 0.2) is 24.3 Å². The number of hydrogen-bond donors (Lipinski definition) is 12. The van der Waals surface area contributed by atoms with E-state index < -0.39 is 124 Å². The van der Waals surface area contributed by atoms with Gasteiger partial charge in [0.05, 0.1) is 38.6 Å². The quantitative estimate of drug-likeness (QED) is 0.0199. The molecule has 548 valence electrons. The van der Waals surface area contributed by atoms with Gasteiger partial charge in [-0.05, 0) is 44.9 Å². The highest BCUT2D eigenvalue weighted by Crippen LogP contribution is 2.33. The van der Waals surface area contributed by atoms with E-state index in [1.165, 1.54) is 225 Å². The molecule has 19 heteroatoms. The van der Waals surface area contributed by atoms with E-state index in [0.717, 1.165) is 51.4 Å². The maximum Gasteiger partial charge on any atom is 0.220 e. The van der Waals surface area contributed by atoms with Crippen molar-refractivity contribution in [1.82, 2.24) is 5.32 Å². The lowest BCUT2D eigenvalue weighted by Crippen LogP contribution is -2.66. The van der Waals surface area contributed by atoms with E-state index in [-0.39, 0.29) is 18.9 Å². The Balaban J connectivity index is 1.40. The van der Waals surface area contributed by atoms with Crippen LogP contribution < -0.4 is 5.32 Å². The van der Waals surface area contributed by atoms with Crippen molar-refractivity contribution < 1.29 is 89.4 Å². The minimum atomic E-state index is -1.97. The van der Waals surface area contributed by atoms with E-state index in [2.05, 4.69) is 43.5 Å². The summed E-state index contributed by atoms with van der Waals surface area (Å²) in [4.78, 5) is 13.5. The van der Waals surface area contributed by atoms with E-state index >= 15 is 0 Å². The standard InChI is InChI=1S/C74H139NO18/c1-3-5-7-9-11-13-15-17-19-21-23-25-27-28-30-32-34-36-38-40-42-44-46-48-50-52-62(80)75-57(58(79)51-49-47-45-43-41-39-37-35-33-31-29-26-24-22-20-18-16-14-12-10-8-6-4-2)56-88-72-68(86)65(83)70(60(54-77)90-72)93-74-69(87)66(84)71(61(55-78)91-74)92-73-67(85)64(82)63(81)59(53-76)89-73/h15,17,21,23,57-61,63-74,76-79,81-87H,3-14,16,18-20,22,24-56H2,1-2H3,(H,75,80)/b17-15-,23-21-. The highest BCUT2D eigenvalue weighted by Gasteiger charge is 2.53. The third-order valence-electron chi connectivity index (χ3n) is 19.3. The van der Waals surface area contributed by atoms with Crippen molar-refractivity contribution in [3.05, 3.63) is 24.3 Å². The third kappa shape index (κ3) is 37.3. The fourth-order valence-electron chi connectivity index (χ4n) is 13.1. The van der Waals surface area contributed by atoms with Crippen LogP contribution in [-0.2, 0) is 33.2 Å². The predicted octanol–water partition coefficient (Wildman–Crippen LogP) is 11.4. The lowest BCUT2D eigenvalue weighted by molar-refractivity contribution is -0.379. The summed E-state index contributed by atoms with van der Waals surface area (Å²) in [5.41, 5.74) is 0. The van der Waals surface area contributed by atoms with Crippen LogP contribution in [0.4, 0.5) is 0 Å². The van der Waals surface area contributed by atoms with Gasteiger partial charge in [0.15, 0.2) is 18.9 Å². The number of carbonyl (C=O) groups is 1. The Bertz CT molecular complexity index is 1780. The van der Waals surface area contributed by atoms with Gasteiger partial charge in [-0.2, -0.15) is 0 Å². The SMILES string of the molecule is CCCCCCC/C=C\C/C=C\CCCCCCCCCCCCCCCC(=O)NC(COC1OC(CO)C(OC2OC(CO)C(OC3OC(CO)C(O)C(O)C3O)C(O)C2O)C(O)C1O)C(O)CCCCCCCCCCCCCCCCCCCCCCCCC. The number of nitrogens with one attached hydrogen (secondary N) is 1. The highest BCUT2D eigenvalue weighted by molar-refractivity contribution is 5.76. The van der Waals surface area contributed by atoms with Crippen molar-refractivity contribution in [3.8, 4) is 0 Å². The predicted molar refractivity (Wildman–Crippen MR) is 365 cm³/mol. The number of allylic oxidation sites excluding steroid dienone is 4. The smallest absolute Gasteiger partial charge is 0.220 e. The average Bonchev–Trinajstić information content (AvgIpc) is 0.819. The molecule has 0 aliphatic carbocycles. The Morgan fingerprint density at radius 1 is 0.387 bits per heavy atom. The molecule has 0 aromatic heterocycles. The van der Waals surface area contributed by atoms with Gasteiger partial charge in [0.2, 0.25) is 5.91 Å². The molecule has 19 nitrogen and oxygen atoms in total. The van der Waals surface area contributed by atoms with Crippen molar-refractivity contribution in [1.29, 1.82) is 0 Å². The van der Waals surface area contributed by atoms with Crippen molar-refractivity contribution in [2.75, 3.05) is 26.4 Å². The van der Waals surface area contributed by atoms with Crippen molar-refractivity contribution in [3.63, 3.8) is 0 Å². The second-order valence-electron chi connectivity index (χ2n) is 27.5. The first-order chi connectivity index (χ1) is 45.3. The summed E-state index contributed by atoms with van der Waals surface area (Å²) >= 11 is 0. The van der Waals surface area contributed by atoms with E-state index in [0.29, 0.717) is 12.8 Å². The zero-order valence-corrected chi connectivity index (χ0v) is 58.3. The van der Waals surface area contributed by atoms with Crippen molar-refractivity contribution in [2.24, 2.45) is 0 Å². The Hall–Kier alpha value is -1.73. The topological polar surface area (TPSA) is 307 Å². The van der Waals surface area contributed by atoms with E-state index in [9.17, 15) is 61.0 Å². The summed E-state index contributed by atoms with van der Waals surface area (Å²) in [6, 6.07) is -0.887. The van der Waals surface area contributed by atoms with Gasteiger partial charge in [0.25, 0.3) is 0 Å². The second kappa shape index (κ2) is 56.1. The van der Waals surface area contributed by atoms with Crippen LogP contribution in [0.3, 0.4) is 0 Å². The van der Waals surface area contributed by atoms with Crippen molar-refractivity contribution in [2.45, 2.75) is 413 Å². The first-order valence-corrected chi connectivity index (χ1v) is 38.1. The Morgan fingerprint density at radius 2 is 0.710 bits per heavy atom. The number of rotatable bonds is 60. The number of amides is 1. The van der Waals surface area contributed by atoms with Gasteiger partial charge in [-0.3, -0.25) is 4.79 Å². The average molecular weight is 1330 g/mol. The summed E-state index contributed by atoms with van der Waals surface area (Å²) in [5, 5.41) is 121. The minimum Gasteiger partial charge on any atom is -0.394 e. The number of ether oxygens (including phenoxy) is 6. The molecule has 1 amide bonds.